The molecule has 0 amide bonds. The normalized spacial score (nSPS) is 22.6. The molecule has 0 radical (unpaired) electrons. The number of rotatable bonds is 5. The Morgan fingerprint density at radius 2 is 1.72 bits per heavy atom. The fourth-order valence-corrected chi connectivity index (χ4v) is 4.60. The van der Waals surface area contributed by atoms with Crippen molar-refractivity contribution in [1.82, 2.24) is 4.31 Å². The molecule has 1 saturated carbocycles. The van der Waals surface area contributed by atoms with Gasteiger partial charge < -0.3 is 0 Å². The molecule has 1 aliphatic rings. The molecule has 0 spiro atoms. The second kappa shape index (κ2) is 8.10. The molecule has 0 atom stereocenters. The quantitative estimate of drug-likeness (QED) is 0.536. The molecule has 0 bridgehead atoms. The molecule has 2 rings (SSSR count). The van der Waals surface area contributed by atoms with Crippen LogP contribution in [0.1, 0.15) is 31.2 Å². The standard InChI is InChI=1S/C17H21ClF3NO2S/c1-22(15-8-4-13(5-9-15)3-2-12-18)25(23,24)16-10-6-14(7-11-16)17(19,20)21/h2-3,6-7,10-11,13,15H,4-5,8-9,12H2,1H3/t13-,15-. The summed E-state index contributed by atoms with van der Waals surface area (Å²) in [7, 11) is -2.32. The summed E-state index contributed by atoms with van der Waals surface area (Å²) in [6, 6.07) is 3.49. The summed E-state index contributed by atoms with van der Waals surface area (Å²) in [6.07, 6.45) is 2.64. The van der Waals surface area contributed by atoms with Crippen molar-refractivity contribution in [2.75, 3.05) is 12.9 Å². The Kier molecular flexibility index (Phi) is 6.56. The van der Waals surface area contributed by atoms with Gasteiger partial charge >= 0.3 is 6.18 Å². The summed E-state index contributed by atoms with van der Waals surface area (Å²) in [5, 5.41) is 0. The highest BCUT2D eigenvalue weighted by molar-refractivity contribution is 7.89. The first kappa shape index (κ1) is 20.3. The maximum Gasteiger partial charge on any atom is 0.416 e. The van der Waals surface area contributed by atoms with Crippen LogP contribution in [0.3, 0.4) is 0 Å². The van der Waals surface area contributed by atoms with E-state index in [1.165, 1.54) is 11.4 Å². The number of nitrogens with zero attached hydrogens (tertiary/aromatic N) is 1. The van der Waals surface area contributed by atoms with E-state index in [1.807, 2.05) is 6.08 Å². The Hall–Kier alpha value is -1.05. The highest BCUT2D eigenvalue weighted by Crippen LogP contribution is 2.32. The smallest absolute Gasteiger partial charge is 0.207 e. The van der Waals surface area contributed by atoms with E-state index < -0.39 is 21.8 Å². The summed E-state index contributed by atoms with van der Waals surface area (Å²) in [5.74, 6) is 0.861. The van der Waals surface area contributed by atoms with Crippen LogP contribution in [-0.4, -0.2) is 31.7 Å². The molecule has 0 aliphatic heterocycles. The molecule has 25 heavy (non-hydrogen) atoms. The fourth-order valence-electron chi connectivity index (χ4n) is 3.08. The average molecular weight is 396 g/mol. The van der Waals surface area contributed by atoms with Gasteiger partial charge in [-0.2, -0.15) is 17.5 Å². The Labute approximate surface area is 151 Å². The molecule has 3 nitrogen and oxygen atoms in total. The third-order valence-corrected chi connectivity index (χ3v) is 6.71. The van der Waals surface area contributed by atoms with Gasteiger partial charge in [0.2, 0.25) is 10.0 Å². The van der Waals surface area contributed by atoms with Crippen LogP contribution in [0, 0.1) is 5.92 Å². The summed E-state index contributed by atoms with van der Waals surface area (Å²) in [6.45, 7) is 0. The third kappa shape index (κ3) is 4.99. The van der Waals surface area contributed by atoms with Gasteiger partial charge in [-0.1, -0.05) is 12.2 Å². The van der Waals surface area contributed by atoms with Crippen molar-refractivity contribution >= 4 is 21.6 Å². The number of hydrogen-bond donors (Lipinski definition) is 0. The maximum atomic E-state index is 12.7. The van der Waals surface area contributed by atoms with Gasteiger partial charge in [0.1, 0.15) is 0 Å². The SMILES string of the molecule is CN([C@H]1CC[C@H](C=CCCl)CC1)S(=O)(=O)c1ccc(C(F)(F)F)cc1. The zero-order valence-corrected chi connectivity index (χ0v) is 15.4. The molecule has 1 aromatic carbocycles. The van der Waals surface area contributed by atoms with Crippen molar-refractivity contribution in [3.63, 3.8) is 0 Å². The van der Waals surface area contributed by atoms with E-state index in [4.69, 9.17) is 11.6 Å². The summed E-state index contributed by atoms with van der Waals surface area (Å²) in [4.78, 5) is -0.118. The Bertz CT molecular complexity index is 694. The molecule has 1 fully saturated rings. The van der Waals surface area contributed by atoms with Gasteiger partial charge in [-0.05, 0) is 55.9 Å². The molecule has 0 unspecified atom stereocenters. The minimum absolute atomic E-state index is 0.118. The van der Waals surface area contributed by atoms with Crippen LogP contribution in [0.25, 0.3) is 0 Å². The van der Waals surface area contributed by atoms with E-state index in [2.05, 4.69) is 6.08 Å². The van der Waals surface area contributed by atoms with Crippen molar-refractivity contribution in [3.05, 3.63) is 42.0 Å². The van der Waals surface area contributed by atoms with Crippen LogP contribution >= 0.6 is 11.6 Å². The number of sulfonamides is 1. The first-order valence-electron chi connectivity index (χ1n) is 8.04. The molecule has 1 aromatic rings. The minimum Gasteiger partial charge on any atom is -0.207 e. The zero-order chi connectivity index (χ0) is 18.7. The van der Waals surface area contributed by atoms with Crippen molar-refractivity contribution in [3.8, 4) is 0 Å². The van der Waals surface area contributed by atoms with Crippen molar-refractivity contribution in [2.45, 2.75) is 42.8 Å². The topological polar surface area (TPSA) is 37.4 Å². The predicted molar refractivity (Wildman–Crippen MR) is 92.0 cm³/mol. The van der Waals surface area contributed by atoms with Crippen LogP contribution in [0.4, 0.5) is 13.2 Å². The lowest BCUT2D eigenvalue weighted by atomic mass is 9.86. The lowest BCUT2D eigenvalue weighted by Crippen LogP contribution is -2.39. The molecule has 0 saturated heterocycles. The number of benzene rings is 1. The molecular formula is C17H21ClF3NO2S. The van der Waals surface area contributed by atoms with Crippen LogP contribution < -0.4 is 0 Å². The molecule has 0 heterocycles. The number of hydrogen-bond acceptors (Lipinski definition) is 2. The zero-order valence-electron chi connectivity index (χ0n) is 13.8. The first-order valence-corrected chi connectivity index (χ1v) is 10.0. The van der Waals surface area contributed by atoms with Gasteiger partial charge in [0.15, 0.2) is 0 Å². The largest absolute Gasteiger partial charge is 0.416 e. The lowest BCUT2D eigenvalue weighted by Gasteiger charge is -2.33. The number of alkyl halides is 4. The van der Waals surface area contributed by atoms with E-state index >= 15 is 0 Å². The second-order valence-corrected chi connectivity index (χ2v) is 8.50. The molecule has 8 heteroatoms. The highest BCUT2D eigenvalue weighted by Gasteiger charge is 2.33. The van der Waals surface area contributed by atoms with Gasteiger partial charge in [-0.3, -0.25) is 0 Å². The number of halogens is 4. The predicted octanol–water partition coefficient (Wildman–Crippen LogP) is 4.68. The fraction of sp³-hybridized carbons (Fsp3) is 0.529. The lowest BCUT2D eigenvalue weighted by molar-refractivity contribution is -0.137. The van der Waals surface area contributed by atoms with Crippen molar-refractivity contribution in [2.24, 2.45) is 5.92 Å². The van der Waals surface area contributed by atoms with Gasteiger partial charge in [0.25, 0.3) is 0 Å². The van der Waals surface area contributed by atoms with Crippen molar-refractivity contribution in [1.29, 1.82) is 0 Å². The molecular weight excluding hydrogens is 375 g/mol. The van der Waals surface area contributed by atoms with E-state index in [0.717, 1.165) is 37.1 Å². The molecule has 140 valence electrons. The molecule has 1 aliphatic carbocycles. The minimum atomic E-state index is -4.48. The first-order chi connectivity index (χ1) is 11.7. The van der Waals surface area contributed by atoms with Gasteiger partial charge in [-0.25, -0.2) is 8.42 Å². The second-order valence-electron chi connectivity index (χ2n) is 6.19. The average Bonchev–Trinajstić information content (AvgIpc) is 2.59. The van der Waals surface area contributed by atoms with Crippen LogP contribution in [0.2, 0.25) is 0 Å². The third-order valence-electron chi connectivity index (χ3n) is 4.61. The van der Waals surface area contributed by atoms with Gasteiger partial charge in [0, 0.05) is 19.0 Å². The maximum absolute atomic E-state index is 12.7. The Morgan fingerprint density at radius 1 is 1.16 bits per heavy atom. The van der Waals surface area contributed by atoms with E-state index in [-0.39, 0.29) is 10.9 Å². The Morgan fingerprint density at radius 3 is 2.20 bits per heavy atom. The highest BCUT2D eigenvalue weighted by atomic mass is 35.5. The van der Waals surface area contributed by atoms with Crippen LogP contribution in [0.15, 0.2) is 41.3 Å². The van der Waals surface area contributed by atoms with Crippen LogP contribution in [0.5, 0.6) is 0 Å². The summed E-state index contributed by atoms with van der Waals surface area (Å²) >= 11 is 5.62. The van der Waals surface area contributed by atoms with Gasteiger partial charge in [-0.15, -0.1) is 11.6 Å². The van der Waals surface area contributed by atoms with Crippen LogP contribution in [-0.2, 0) is 16.2 Å². The van der Waals surface area contributed by atoms with E-state index in [1.54, 1.807) is 0 Å². The monoisotopic (exact) mass is 395 g/mol. The molecule has 0 N–H and O–H groups in total. The summed E-state index contributed by atoms with van der Waals surface area (Å²) in [5.41, 5.74) is -0.860. The van der Waals surface area contributed by atoms with E-state index in [0.29, 0.717) is 24.6 Å². The van der Waals surface area contributed by atoms with Crippen molar-refractivity contribution < 1.29 is 21.6 Å². The van der Waals surface area contributed by atoms with E-state index in [9.17, 15) is 21.6 Å². The van der Waals surface area contributed by atoms with Gasteiger partial charge in [0.05, 0.1) is 10.5 Å². The Balaban J connectivity index is 2.08. The summed E-state index contributed by atoms with van der Waals surface area (Å²) < 4.78 is 64.5. The number of allylic oxidation sites excluding steroid dienone is 2. The molecule has 0 aromatic heterocycles.